The van der Waals surface area contributed by atoms with Crippen LogP contribution in [0.5, 0.6) is 0 Å². The number of para-hydroxylation sites is 1. The van der Waals surface area contributed by atoms with Crippen molar-refractivity contribution in [3.05, 3.63) is 65.0 Å². The molecule has 0 radical (unpaired) electrons. The van der Waals surface area contributed by atoms with Crippen LogP contribution in [0, 0.1) is 0 Å². The predicted octanol–water partition coefficient (Wildman–Crippen LogP) is 3.24. The Morgan fingerprint density at radius 2 is 1.65 bits per heavy atom. The number of hydrogen-bond acceptors (Lipinski definition) is 2. The Morgan fingerprint density at radius 1 is 0.950 bits per heavy atom. The van der Waals surface area contributed by atoms with Crippen LogP contribution in [0.15, 0.2) is 59.4 Å². The van der Waals surface area contributed by atoms with Gasteiger partial charge in [0.1, 0.15) is 0 Å². The van der Waals surface area contributed by atoms with Gasteiger partial charge >= 0.3 is 0 Å². The summed E-state index contributed by atoms with van der Waals surface area (Å²) in [6.45, 7) is 0. The molecule has 0 bridgehead atoms. The van der Waals surface area contributed by atoms with Crippen LogP contribution in [0.25, 0.3) is 32.7 Å². The van der Waals surface area contributed by atoms with Crippen LogP contribution in [0.3, 0.4) is 0 Å². The number of benzene rings is 2. The predicted molar refractivity (Wildman–Crippen MR) is 82.0 cm³/mol. The molecule has 0 spiro atoms. The Morgan fingerprint density at radius 3 is 2.50 bits per heavy atom. The van der Waals surface area contributed by atoms with Gasteiger partial charge in [0.15, 0.2) is 0 Å². The molecule has 0 fully saturated rings. The van der Waals surface area contributed by atoms with Crippen molar-refractivity contribution in [1.29, 1.82) is 0 Å². The van der Waals surface area contributed by atoms with Gasteiger partial charge in [-0.05, 0) is 18.2 Å². The van der Waals surface area contributed by atoms with E-state index in [1.807, 2.05) is 54.6 Å². The van der Waals surface area contributed by atoms with Gasteiger partial charge < -0.3 is 4.57 Å². The van der Waals surface area contributed by atoms with Gasteiger partial charge in [0.25, 0.3) is 5.56 Å². The fourth-order valence-corrected chi connectivity index (χ4v) is 2.72. The second kappa shape index (κ2) is 3.90. The Bertz CT molecular complexity index is 1030. The molecule has 0 aliphatic rings. The monoisotopic (exact) mass is 260 g/mol. The highest BCUT2D eigenvalue weighted by atomic mass is 16.1. The Hall–Kier alpha value is -2.68. The summed E-state index contributed by atoms with van der Waals surface area (Å²) < 4.78 is 1.68. The molecule has 0 aliphatic heterocycles. The average Bonchev–Trinajstić information content (AvgIpc) is 2.51. The lowest BCUT2D eigenvalue weighted by Gasteiger charge is -2.09. The van der Waals surface area contributed by atoms with Crippen LogP contribution in [-0.4, -0.2) is 9.55 Å². The lowest BCUT2D eigenvalue weighted by atomic mass is 10.1. The molecule has 2 aromatic heterocycles. The van der Waals surface area contributed by atoms with Crippen LogP contribution in [0.2, 0.25) is 0 Å². The molecule has 2 aromatic carbocycles. The molecule has 4 rings (SSSR count). The highest BCUT2D eigenvalue weighted by Crippen LogP contribution is 2.24. The largest absolute Gasteiger partial charge is 0.309 e. The fraction of sp³-hybridized carbons (Fsp3) is 0.0588. The van der Waals surface area contributed by atoms with Crippen LogP contribution >= 0.6 is 0 Å². The minimum atomic E-state index is 0.0187. The fourth-order valence-electron chi connectivity index (χ4n) is 2.72. The molecule has 4 aromatic rings. The van der Waals surface area contributed by atoms with Crippen molar-refractivity contribution in [2.75, 3.05) is 0 Å². The first-order valence-electron chi connectivity index (χ1n) is 6.53. The molecule has 0 aliphatic carbocycles. The number of rotatable bonds is 0. The molecule has 0 N–H and O–H groups in total. The van der Waals surface area contributed by atoms with Gasteiger partial charge in [0.2, 0.25) is 0 Å². The molecule has 0 amide bonds. The Kier molecular flexibility index (Phi) is 2.18. The number of hydrogen-bond donors (Lipinski definition) is 0. The Balaban J connectivity index is 2.37. The molecule has 3 heteroatoms. The third-order valence-corrected chi connectivity index (χ3v) is 3.78. The van der Waals surface area contributed by atoms with Crippen molar-refractivity contribution in [2.24, 2.45) is 7.05 Å². The van der Waals surface area contributed by atoms with E-state index >= 15 is 0 Å². The van der Waals surface area contributed by atoms with E-state index in [1.54, 1.807) is 11.6 Å². The summed E-state index contributed by atoms with van der Waals surface area (Å²) in [6, 6.07) is 17.6. The molecule has 2 heterocycles. The third-order valence-electron chi connectivity index (χ3n) is 3.78. The topological polar surface area (TPSA) is 34.9 Å². The van der Waals surface area contributed by atoms with Crippen LogP contribution < -0.4 is 5.56 Å². The van der Waals surface area contributed by atoms with Gasteiger partial charge in [-0.15, -0.1) is 0 Å². The summed E-state index contributed by atoms with van der Waals surface area (Å²) in [5, 5.41) is 2.67. The second-order valence-corrected chi connectivity index (χ2v) is 4.96. The summed E-state index contributed by atoms with van der Waals surface area (Å²) in [4.78, 5) is 17.2. The summed E-state index contributed by atoms with van der Waals surface area (Å²) in [5.41, 5.74) is 2.71. The standard InChI is InChI=1S/C17H12N2O/c1-19-15-10-11-6-2-5-9-14(11)18-16(15)12-7-3-4-8-13(12)17(19)20/h2-10H,1H3. The normalized spacial score (nSPS) is 11.4. The lowest BCUT2D eigenvalue weighted by Crippen LogP contribution is -2.17. The van der Waals surface area contributed by atoms with Crippen LogP contribution in [-0.2, 0) is 7.05 Å². The molecule has 96 valence electrons. The van der Waals surface area contributed by atoms with Crippen LogP contribution in [0.1, 0.15) is 0 Å². The van der Waals surface area contributed by atoms with Crippen molar-refractivity contribution >= 4 is 32.7 Å². The first-order valence-corrected chi connectivity index (χ1v) is 6.53. The summed E-state index contributed by atoms with van der Waals surface area (Å²) in [5.74, 6) is 0. The van der Waals surface area contributed by atoms with Gasteiger partial charge in [0.05, 0.1) is 16.6 Å². The van der Waals surface area contributed by atoms with Crippen molar-refractivity contribution in [1.82, 2.24) is 9.55 Å². The van der Waals surface area contributed by atoms with E-state index in [4.69, 9.17) is 4.98 Å². The molecular weight excluding hydrogens is 248 g/mol. The van der Waals surface area contributed by atoms with Crippen molar-refractivity contribution in [2.45, 2.75) is 0 Å². The summed E-state index contributed by atoms with van der Waals surface area (Å²) >= 11 is 0. The van der Waals surface area contributed by atoms with E-state index in [0.717, 1.165) is 27.3 Å². The SMILES string of the molecule is Cn1c(=O)c2ccccc2c2nc3ccccc3cc21. The molecule has 3 nitrogen and oxygen atoms in total. The maximum Gasteiger partial charge on any atom is 0.258 e. The van der Waals surface area contributed by atoms with Crippen molar-refractivity contribution in [3.63, 3.8) is 0 Å². The quantitative estimate of drug-likeness (QED) is 0.359. The first-order chi connectivity index (χ1) is 9.75. The van der Waals surface area contributed by atoms with E-state index in [9.17, 15) is 4.79 Å². The number of nitrogens with zero attached hydrogens (tertiary/aromatic N) is 2. The lowest BCUT2D eigenvalue weighted by molar-refractivity contribution is 0.917. The van der Waals surface area contributed by atoms with Crippen LogP contribution in [0.4, 0.5) is 0 Å². The van der Waals surface area contributed by atoms with Gasteiger partial charge in [0, 0.05) is 23.2 Å². The third kappa shape index (κ3) is 1.40. The minimum absolute atomic E-state index is 0.0187. The number of fused-ring (bicyclic) bond motifs is 4. The second-order valence-electron chi connectivity index (χ2n) is 4.96. The maximum absolute atomic E-state index is 12.4. The zero-order valence-electron chi connectivity index (χ0n) is 11.0. The molecule has 0 saturated carbocycles. The molecule has 0 atom stereocenters. The highest BCUT2D eigenvalue weighted by Gasteiger charge is 2.10. The number of aryl methyl sites for hydroxylation is 1. The molecule has 20 heavy (non-hydrogen) atoms. The summed E-state index contributed by atoms with van der Waals surface area (Å²) in [6.07, 6.45) is 0. The molecule has 0 saturated heterocycles. The van der Waals surface area contributed by atoms with Gasteiger partial charge in [-0.25, -0.2) is 4.98 Å². The highest BCUT2D eigenvalue weighted by molar-refractivity contribution is 6.06. The maximum atomic E-state index is 12.4. The van der Waals surface area contributed by atoms with E-state index in [0.29, 0.717) is 5.39 Å². The zero-order valence-corrected chi connectivity index (χ0v) is 11.0. The molecular formula is C17H12N2O. The zero-order chi connectivity index (χ0) is 13.7. The first kappa shape index (κ1) is 11.2. The number of pyridine rings is 2. The smallest absolute Gasteiger partial charge is 0.258 e. The molecule has 0 unspecified atom stereocenters. The van der Waals surface area contributed by atoms with E-state index in [-0.39, 0.29) is 5.56 Å². The van der Waals surface area contributed by atoms with Crippen molar-refractivity contribution < 1.29 is 0 Å². The van der Waals surface area contributed by atoms with Gasteiger partial charge in [-0.1, -0.05) is 36.4 Å². The Labute approximate surface area is 115 Å². The average molecular weight is 260 g/mol. The summed E-state index contributed by atoms with van der Waals surface area (Å²) in [7, 11) is 1.80. The van der Waals surface area contributed by atoms with E-state index < -0.39 is 0 Å². The van der Waals surface area contributed by atoms with Crippen molar-refractivity contribution in [3.8, 4) is 0 Å². The van der Waals surface area contributed by atoms with Gasteiger partial charge in [-0.3, -0.25) is 4.79 Å². The van der Waals surface area contributed by atoms with E-state index in [1.165, 1.54) is 0 Å². The van der Waals surface area contributed by atoms with E-state index in [2.05, 4.69) is 0 Å². The van der Waals surface area contributed by atoms with Gasteiger partial charge in [-0.2, -0.15) is 0 Å². The minimum Gasteiger partial charge on any atom is -0.309 e. The number of aromatic nitrogens is 2.